The van der Waals surface area contributed by atoms with Gasteiger partial charge in [-0.25, -0.2) is 0 Å². The van der Waals surface area contributed by atoms with Gasteiger partial charge in [0.25, 0.3) is 0 Å². The maximum absolute atomic E-state index is 11.5. The van der Waals surface area contributed by atoms with Crippen molar-refractivity contribution in [3.05, 3.63) is 35.4 Å². The van der Waals surface area contributed by atoms with Crippen LogP contribution in [0.5, 0.6) is 23.0 Å². The van der Waals surface area contributed by atoms with Crippen molar-refractivity contribution >= 4 is 36.5 Å². The zero-order chi connectivity index (χ0) is 18.4. The minimum absolute atomic E-state index is 0.328. The van der Waals surface area contributed by atoms with E-state index in [0.29, 0.717) is 34.1 Å². The number of methoxy groups -OCH3 is 4. The molecule has 0 aromatic heterocycles. The SMILES string of the molecule is COc1cc(C=O)c([Se]c2cc(OC)c(OC)cc2C=O)cc1OC. The Hall–Kier alpha value is -2.50. The van der Waals surface area contributed by atoms with Gasteiger partial charge in [-0.3, -0.25) is 0 Å². The molecule has 6 nitrogen and oxygen atoms in total. The molecule has 0 aliphatic heterocycles. The van der Waals surface area contributed by atoms with Gasteiger partial charge in [0.2, 0.25) is 0 Å². The van der Waals surface area contributed by atoms with Crippen LogP contribution in [0, 0.1) is 0 Å². The summed E-state index contributed by atoms with van der Waals surface area (Å²) in [5, 5.41) is 0. The maximum atomic E-state index is 11.5. The van der Waals surface area contributed by atoms with E-state index in [9.17, 15) is 9.59 Å². The summed E-state index contributed by atoms with van der Waals surface area (Å²) in [7, 11) is 6.08. The molecule has 0 spiro atoms. The van der Waals surface area contributed by atoms with Crippen molar-refractivity contribution in [1.82, 2.24) is 0 Å². The molecule has 2 aromatic carbocycles. The van der Waals surface area contributed by atoms with Crippen LogP contribution in [0.2, 0.25) is 0 Å². The number of aldehydes is 2. The fraction of sp³-hybridized carbons (Fsp3) is 0.222. The van der Waals surface area contributed by atoms with E-state index in [2.05, 4.69) is 0 Å². The third-order valence-electron chi connectivity index (χ3n) is 3.51. The van der Waals surface area contributed by atoms with E-state index in [0.717, 1.165) is 21.5 Å². The van der Waals surface area contributed by atoms with Crippen LogP contribution in [-0.2, 0) is 0 Å². The van der Waals surface area contributed by atoms with Crippen LogP contribution in [0.15, 0.2) is 24.3 Å². The van der Waals surface area contributed by atoms with Crippen LogP contribution in [0.4, 0.5) is 0 Å². The molecule has 0 bridgehead atoms. The summed E-state index contributed by atoms with van der Waals surface area (Å²) >= 11 is -0.328. The predicted octanol–water partition coefficient (Wildman–Crippen LogP) is 1.00. The minimum atomic E-state index is -0.328. The Labute approximate surface area is 152 Å². The van der Waals surface area contributed by atoms with Crippen molar-refractivity contribution in [3.63, 3.8) is 0 Å². The number of hydrogen-bond donors (Lipinski definition) is 0. The molecule has 0 aliphatic carbocycles. The molecule has 0 saturated carbocycles. The number of ether oxygens (including phenoxy) is 4. The molecule has 25 heavy (non-hydrogen) atoms. The van der Waals surface area contributed by atoms with Crippen LogP contribution in [0.1, 0.15) is 20.7 Å². The fourth-order valence-electron chi connectivity index (χ4n) is 2.23. The third-order valence-corrected chi connectivity index (χ3v) is 5.91. The van der Waals surface area contributed by atoms with Crippen molar-refractivity contribution in [3.8, 4) is 23.0 Å². The van der Waals surface area contributed by atoms with Gasteiger partial charge in [-0.15, -0.1) is 0 Å². The van der Waals surface area contributed by atoms with E-state index in [4.69, 9.17) is 18.9 Å². The van der Waals surface area contributed by atoms with Crippen molar-refractivity contribution in [2.75, 3.05) is 28.4 Å². The summed E-state index contributed by atoms with van der Waals surface area (Å²) in [6.45, 7) is 0. The van der Waals surface area contributed by atoms with Crippen LogP contribution < -0.4 is 27.9 Å². The molecule has 0 saturated heterocycles. The Balaban J connectivity index is 2.55. The molecule has 0 atom stereocenters. The summed E-state index contributed by atoms with van der Waals surface area (Å²) in [4.78, 5) is 22.9. The number of carbonyl (C=O) groups is 2. The first-order chi connectivity index (χ1) is 12.1. The Morgan fingerprint density at radius 1 is 0.640 bits per heavy atom. The third kappa shape index (κ3) is 3.95. The first kappa shape index (κ1) is 18.8. The molecule has 0 aliphatic rings. The Morgan fingerprint density at radius 2 is 0.960 bits per heavy atom. The number of hydrogen-bond acceptors (Lipinski definition) is 6. The molecule has 2 rings (SSSR count). The average Bonchev–Trinajstić information content (AvgIpc) is 2.66. The predicted molar refractivity (Wildman–Crippen MR) is 94.9 cm³/mol. The van der Waals surface area contributed by atoms with E-state index in [1.807, 2.05) is 0 Å². The number of benzene rings is 2. The second-order valence-corrected chi connectivity index (χ2v) is 7.10. The molecule has 0 N–H and O–H groups in total. The van der Waals surface area contributed by atoms with Gasteiger partial charge in [0.05, 0.1) is 0 Å². The van der Waals surface area contributed by atoms with Gasteiger partial charge < -0.3 is 0 Å². The molecule has 0 unspecified atom stereocenters. The second-order valence-electron chi connectivity index (χ2n) is 4.83. The van der Waals surface area contributed by atoms with Gasteiger partial charge in [0.15, 0.2) is 0 Å². The fourth-order valence-corrected chi connectivity index (χ4v) is 4.37. The zero-order valence-electron chi connectivity index (χ0n) is 14.3. The average molecular weight is 409 g/mol. The molecule has 0 amide bonds. The molecule has 132 valence electrons. The summed E-state index contributed by atoms with van der Waals surface area (Å²) in [5.41, 5.74) is 0.980. The van der Waals surface area contributed by atoms with Crippen molar-refractivity contribution in [2.24, 2.45) is 0 Å². The molecule has 7 heteroatoms. The number of rotatable bonds is 8. The van der Waals surface area contributed by atoms with E-state index >= 15 is 0 Å². The first-order valence-corrected chi connectivity index (χ1v) is 8.93. The summed E-state index contributed by atoms with van der Waals surface area (Å²) in [5.74, 6) is 2.01. The first-order valence-electron chi connectivity index (χ1n) is 7.22. The van der Waals surface area contributed by atoms with Crippen molar-refractivity contribution in [2.45, 2.75) is 0 Å². The number of carbonyl (C=O) groups excluding carboxylic acids is 2. The molecular weight excluding hydrogens is 391 g/mol. The van der Waals surface area contributed by atoms with Gasteiger partial charge in [-0.05, 0) is 0 Å². The van der Waals surface area contributed by atoms with E-state index < -0.39 is 0 Å². The molecule has 0 heterocycles. The van der Waals surface area contributed by atoms with Gasteiger partial charge >= 0.3 is 152 Å². The summed E-state index contributed by atoms with van der Waals surface area (Å²) < 4.78 is 22.6. The summed E-state index contributed by atoms with van der Waals surface area (Å²) in [6, 6.07) is 6.77. The van der Waals surface area contributed by atoms with E-state index in [-0.39, 0.29) is 15.0 Å². The topological polar surface area (TPSA) is 71.1 Å². The van der Waals surface area contributed by atoms with Gasteiger partial charge in [-0.2, -0.15) is 0 Å². The molecule has 0 radical (unpaired) electrons. The Kier molecular flexibility index (Phi) is 6.44. The van der Waals surface area contributed by atoms with E-state index in [1.54, 1.807) is 24.3 Å². The van der Waals surface area contributed by atoms with E-state index in [1.165, 1.54) is 28.4 Å². The molecular formula is C18H18O6Se. The monoisotopic (exact) mass is 410 g/mol. The van der Waals surface area contributed by atoms with Gasteiger partial charge in [0.1, 0.15) is 0 Å². The summed E-state index contributed by atoms with van der Waals surface area (Å²) in [6.07, 6.45) is 1.53. The van der Waals surface area contributed by atoms with Crippen molar-refractivity contribution in [1.29, 1.82) is 0 Å². The van der Waals surface area contributed by atoms with Gasteiger partial charge in [-0.1, -0.05) is 0 Å². The molecule has 2 aromatic rings. The van der Waals surface area contributed by atoms with Crippen molar-refractivity contribution < 1.29 is 28.5 Å². The quantitative estimate of drug-likeness (QED) is 0.479. The Bertz CT molecular complexity index is 722. The van der Waals surface area contributed by atoms with Crippen LogP contribution in [0.25, 0.3) is 0 Å². The standard InChI is InChI=1S/C18H18O6Se/c1-21-13-5-11(9-19)17(7-15(13)23-3)25-18-8-16(24-4)14(22-2)6-12(18)10-20/h5-10H,1-4H3. The van der Waals surface area contributed by atoms with Crippen LogP contribution in [0.3, 0.4) is 0 Å². The molecule has 0 fully saturated rings. The zero-order valence-corrected chi connectivity index (χ0v) is 16.0. The van der Waals surface area contributed by atoms with Crippen LogP contribution in [-0.4, -0.2) is 56.0 Å². The Morgan fingerprint density at radius 3 is 1.24 bits per heavy atom. The second kappa shape index (κ2) is 8.55. The van der Waals surface area contributed by atoms with Gasteiger partial charge in [0, 0.05) is 0 Å². The van der Waals surface area contributed by atoms with Crippen LogP contribution >= 0.6 is 0 Å². The normalized spacial score (nSPS) is 10.1.